The van der Waals surface area contributed by atoms with Gasteiger partial charge >= 0.3 is 0 Å². The van der Waals surface area contributed by atoms with Crippen LogP contribution in [0.15, 0.2) is 72.8 Å². The van der Waals surface area contributed by atoms with Crippen LogP contribution in [-0.4, -0.2) is 48.3 Å². The Morgan fingerprint density at radius 2 is 1.70 bits per heavy atom. The van der Waals surface area contributed by atoms with Gasteiger partial charge in [-0.05, 0) is 78.7 Å². The normalized spacial score (nSPS) is 17.5. The highest BCUT2D eigenvalue weighted by Gasteiger charge is 2.29. The number of nitrogens with zero attached hydrogens (tertiary/aromatic N) is 1. The summed E-state index contributed by atoms with van der Waals surface area (Å²) >= 11 is 0. The molecule has 3 N–H and O–H groups in total. The van der Waals surface area contributed by atoms with Crippen molar-refractivity contribution in [2.45, 2.75) is 38.3 Å². The van der Waals surface area contributed by atoms with Crippen LogP contribution in [0, 0.1) is 0 Å². The van der Waals surface area contributed by atoms with E-state index in [0.29, 0.717) is 18.5 Å². The van der Waals surface area contributed by atoms with E-state index in [9.17, 15) is 14.4 Å². The van der Waals surface area contributed by atoms with Gasteiger partial charge in [-0.2, -0.15) is 0 Å². The first-order valence-electron chi connectivity index (χ1n) is 12.9. The highest BCUT2D eigenvalue weighted by molar-refractivity contribution is 5.99. The first kappa shape index (κ1) is 24.7. The monoisotopic (exact) mass is 496 g/mol. The molecule has 1 fully saturated rings. The number of nitrogens with one attached hydrogen (secondary N) is 3. The molecule has 2 aliphatic rings. The van der Waals surface area contributed by atoms with Crippen molar-refractivity contribution in [2.24, 2.45) is 0 Å². The third-order valence-corrected chi connectivity index (χ3v) is 7.05. The molecule has 7 heteroatoms. The number of hydrogen-bond donors (Lipinski definition) is 3. The molecule has 1 saturated heterocycles. The SMILES string of the molecule is O=C(CN1CCCCC(NC(=O)c2ccc(-c3ccccc3)cc2)C1=O)Nc1ccc2c(c1)CNCC2. The minimum Gasteiger partial charge on any atom is -0.340 e. The van der Waals surface area contributed by atoms with Gasteiger partial charge in [0.15, 0.2) is 0 Å². The molecule has 2 aliphatic heterocycles. The maximum atomic E-state index is 13.3. The Kier molecular flexibility index (Phi) is 7.61. The Bertz CT molecular complexity index is 1270. The molecule has 2 heterocycles. The van der Waals surface area contributed by atoms with Gasteiger partial charge in [-0.15, -0.1) is 0 Å². The topological polar surface area (TPSA) is 90.5 Å². The molecule has 37 heavy (non-hydrogen) atoms. The molecule has 0 radical (unpaired) electrons. The van der Waals surface area contributed by atoms with Crippen LogP contribution in [0.2, 0.25) is 0 Å². The largest absolute Gasteiger partial charge is 0.340 e. The fourth-order valence-electron chi connectivity index (χ4n) is 5.01. The van der Waals surface area contributed by atoms with Gasteiger partial charge in [0.25, 0.3) is 5.91 Å². The van der Waals surface area contributed by atoms with Crippen LogP contribution in [0.4, 0.5) is 5.69 Å². The molecule has 5 rings (SSSR count). The molecule has 0 aliphatic carbocycles. The molecule has 0 saturated carbocycles. The molecule has 3 amide bonds. The van der Waals surface area contributed by atoms with Crippen molar-refractivity contribution < 1.29 is 14.4 Å². The van der Waals surface area contributed by atoms with Crippen LogP contribution in [0.3, 0.4) is 0 Å². The van der Waals surface area contributed by atoms with Gasteiger partial charge in [0, 0.05) is 24.3 Å². The second kappa shape index (κ2) is 11.4. The van der Waals surface area contributed by atoms with E-state index in [2.05, 4.69) is 22.0 Å². The predicted octanol–water partition coefficient (Wildman–Crippen LogP) is 3.75. The molecule has 0 bridgehead atoms. The fourth-order valence-corrected chi connectivity index (χ4v) is 5.01. The van der Waals surface area contributed by atoms with Crippen molar-refractivity contribution >= 4 is 23.4 Å². The van der Waals surface area contributed by atoms with Gasteiger partial charge in [0.1, 0.15) is 6.04 Å². The molecule has 1 atom stereocenters. The van der Waals surface area contributed by atoms with Crippen LogP contribution in [0.5, 0.6) is 0 Å². The molecular weight excluding hydrogens is 464 g/mol. The Balaban J connectivity index is 1.19. The Hall–Kier alpha value is -3.97. The molecule has 0 spiro atoms. The third-order valence-electron chi connectivity index (χ3n) is 7.05. The highest BCUT2D eigenvalue weighted by atomic mass is 16.2. The number of amides is 3. The van der Waals surface area contributed by atoms with Crippen LogP contribution in [-0.2, 0) is 22.6 Å². The lowest BCUT2D eigenvalue weighted by molar-refractivity contribution is -0.135. The van der Waals surface area contributed by atoms with Gasteiger partial charge in [0.05, 0.1) is 6.54 Å². The Morgan fingerprint density at radius 3 is 2.51 bits per heavy atom. The quantitative estimate of drug-likeness (QED) is 0.485. The number of rotatable bonds is 6. The summed E-state index contributed by atoms with van der Waals surface area (Å²) in [6.07, 6.45) is 3.14. The first-order chi connectivity index (χ1) is 18.1. The second-order valence-electron chi connectivity index (χ2n) is 9.68. The van der Waals surface area contributed by atoms with Gasteiger partial charge in [-0.3, -0.25) is 14.4 Å². The first-order valence-corrected chi connectivity index (χ1v) is 12.9. The molecule has 0 aromatic heterocycles. The Morgan fingerprint density at radius 1 is 0.919 bits per heavy atom. The zero-order chi connectivity index (χ0) is 25.6. The standard InChI is InChI=1S/C30H32N4O3/c35-28(32-26-14-13-23-15-16-31-19-25(23)18-26)20-34-17-5-4-8-27(30(34)37)33-29(36)24-11-9-22(10-12-24)21-6-2-1-3-7-21/h1-3,6-7,9-14,18,27,31H,4-5,8,15-17,19-20H2,(H,32,35)(H,33,36). The van der Waals surface area contributed by atoms with E-state index in [4.69, 9.17) is 0 Å². The highest BCUT2D eigenvalue weighted by Crippen LogP contribution is 2.21. The van der Waals surface area contributed by atoms with Gasteiger partial charge in [-0.25, -0.2) is 0 Å². The number of carbonyl (C=O) groups is 3. The summed E-state index contributed by atoms with van der Waals surface area (Å²) in [5, 5.41) is 9.18. The van der Waals surface area contributed by atoms with Crippen LogP contribution < -0.4 is 16.0 Å². The summed E-state index contributed by atoms with van der Waals surface area (Å²) in [7, 11) is 0. The number of fused-ring (bicyclic) bond motifs is 1. The third kappa shape index (κ3) is 6.06. The maximum Gasteiger partial charge on any atom is 0.251 e. The van der Waals surface area contributed by atoms with Crippen LogP contribution in [0.1, 0.15) is 40.7 Å². The number of carbonyl (C=O) groups excluding carboxylic acids is 3. The van der Waals surface area contributed by atoms with Crippen molar-refractivity contribution in [1.82, 2.24) is 15.5 Å². The lowest BCUT2D eigenvalue weighted by atomic mass is 10.0. The van der Waals surface area contributed by atoms with Crippen molar-refractivity contribution in [2.75, 3.05) is 25.0 Å². The predicted molar refractivity (Wildman–Crippen MR) is 144 cm³/mol. The van der Waals surface area contributed by atoms with Crippen molar-refractivity contribution in [3.63, 3.8) is 0 Å². The van der Waals surface area contributed by atoms with Gasteiger partial charge in [-0.1, -0.05) is 48.5 Å². The summed E-state index contributed by atoms with van der Waals surface area (Å²) in [6, 6.07) is 22.7. The summed E-state index contributed by atoms with van der Waals surface area (Å²) in [5.41, 5.74) is 5.83. The molecule has 7 nitrogen and oxygen atoms in total. The zero-order valence-corrected chi connectivity index (χ0v) is 20.8. The van der Waals surface area contributed by atoms with E-state index < -0.39 is 6.04 Å². The molecule has 1 unspecified atom stereocenters. The van der Waals surface area contributed by atoms with E-state index >= 15 is 0 Å². The van der Waals surface area contributed by atoms with Crippen molar-refractivity contribution in [3.05, 3.63) is 89.5 Å². The van der Waals surface area contributed by atoms with E-state index in [-0.39, 0.29) is 24.3 Å². The summed E-state index contributed by atoms with van der Waals surface area (Å²) in [4.78, 5) is 40.6. The molecule has 190 valence electrons. The van der Waals surface area contributed by atoms with Crippen molar-refractivity contribution in [3.8, 4) is 11.1 Å². The minimum atomic E-state index is -0.647. The van der Waals surface area contributed by atoms with Crippen LogP contribution in [0.25, 0.3) is 11.1 Å². The van der Waals surface area contributed by atoms with E-state index in [1.165, 1.54) is 11.1 Å². The summed E-state index contributed by atoms with van der Waals surface area (Å²) in [5.74, 6) is -0.732. The minimum absolute atomic E-state index is 0.0354. The van der Waals surface area contributed by atoms with Crippen molar-refractivity contribution in [1.29, 1.82) is 0 Å². The summed E-state index contributed by atoms with van der Waals surface area (Å²) < 4.78 is 0. The number of anilines is 1. The zero-order valence-electron chi connectivity index (χ0n) is 20.8. The fraction of sp³-hybridized carbons (Fsp3) is 0.300. The molecule has 3 aromatic carbocycles. The van der Waals surface area contributed by atoms with Crippen LogP contribution >= 0.6 is 0 Å². The maximum absolute atomic E-state index is 13.3. The number of hydrogen-bond acceptors (Lipinski definition) is 4. The molecular formula is C30H32N4O3. The lowest BCUT2D eigenvalue weighted by Crippen LogP contribution is -2.49. The Labute approximate surface area is 217 Å². The molecule has 3 aromatic rings. The summed E-state index contributed by atoms with van der Waals surface area (Å²) in [6.45, 7) is 2.22. The smallest absolute Gasteiger partial charge is 0.251 e. The lowest BCUT2D eigenvalue weighted by Gasteiger charge is -2.24. The van der Waals surface area contributed by atoms with Gasteiger partial charge in [0.2, 0.25) is 11.8 Å². The number of benzene rings is 3. The van der Waals surface area contributed by atoms with E-state index in [1.807, 2.05) is 54.6 Å². The van der Waals surface area contributed by atoms with Gasteiger partial charge < -0.3 is 20.9 Å². The number of likely N-dealkylation sites (tertiary alicyclic amines) is 1. The second-order valence-corrected chi connectivity index (χ2v) is 9.68. The van der Waals surface area contributed by atoms with E-state index in [0.717, 1.165) is 49.2 Å². The average molecular weight is 497 g/mol. The van der Waals surface area contributed by atoms with E-state index in [1.54, 1.807) is 17.0 Å². The average Bonchev–Trinajstić information content (AvgIpc) is 3.10.